The molecule has 3 aromatic carbocycles. The van der Waals surface area contributed by atoms with Gasteiger partial charge in [-0.25, -0.2) is 4.99 Å². The zero-order chi connectivity index (χ0) is 22.9. The van der Waals surface area contributed by atoms with Gasteiger partial charge in [-0.1, -0.05) is 60.7 Å². The van der Waals surface area contributed by atoms with E-state index in [4.69, 9.17) is 9.98 Å². The van der Waals surface area contributed by atoms with Crippen LogP contribution in [0, 0.1) is 0 Å². The number of anilines is 2. The van der Waals surface area contributed by atoms with Gasteiger partial charge in [0, 0.05) is 44.0 Å². The van der Waals surface area contributed by atoms with Gasteiger partial charge in [-0.2, -0.15) is 0 Å². The van der Waals surface area contributed by atoms with Crippen LogP contribution in [-0.4, -0.2) is 61.6 Å². The Morgan fingerprint density at radius 2 is 1.56 bits per heavy atom. The predicted octanol–water partition coefficient (Wildman–Crippen LogP) is 3.93. The minimum Gasteiger partial charge on any atom is -0.368 e. The molecule has 6 heteroatoms. The number of benzene rings is 3. The van der Waals surface area contributed by atoms with Gasteiger partial charge in [0.25, 0.3) is 0 Å². The Labute approximate surface area is 199 Å². The minimum absolute atomic E-state index is 0.206. The van der Waals surface area contributed by atoms with E-state index >= 15 is 0 Å². The molecule has 0 atom stereocenters. The molecule has 3 aromatic rings. The van der Waals surface area contributed by atoms with Crippen LogP contribution in [0.1, 0.15) is 11.1 Å². The van der Waals surface area contributed by atoms with E-state index in [9.17, 15) is 4.79 Å². The lowest BCUT2D eigenvalue weighted by Gasteiger charge is -2.37. The molecule has 170 valence electrons. The molecule has 1 saturated heterocycles. The lowest BCUT2D eigenvalue weighted by atomic mass is 10.0. The number of nitrogens with zero attached hydrogens (tertiary/aromatic N) is 5. The van der Waals surface area contributed by atoms with Gasteiger partial charge < -0.3 is 14.7 Å². The second-order valence-corrected chi connectivity index (χ2v) is 8.89. The van der Waals surface area contributed by atoms with E-state index in [0.29, 0.717) is 6.42 Å². The van der Waals surface area contributed by atoms with E-state index < -0.39 is 0 Å². The quantitative estimate of drug-likeness (QED) is 0.607. The summed E-state index contributed by atoms with van der Waals surface area (Å²) in [4.78, 5) is 29.2. The second kappa shape index (κ2) is 8.78. The Hall–Kier alpha value is -3.93. The maximum absolute atomic E-state index is 12.7. The number of carbonyl (C=O) groups excluding carboxylic acids is 1. The summed E-state index contributed by atoms with van der Waals surface area (Å²) in [6.45, 7) is 4.81. The topological polar surface area (TPSA) is 51.5 Å². The van der Waals surface area contributed by atoms with E-state index in [1.165, 1.54) is 5.69 Å². The Morgan fingerprint density at radius 1 is 0.824 bits per heavy atom. The van der Waals surface area contributed by atoms with Crippen molar-refractivity contribution in [3.8, 4) is 0 Å². The van der Waals surface area contributed by atoms with Crippen LogP contribution in [0.25, 0.3) is 0 Å². The molecule has 0 aromatic heterocycles. The first-order chi connectivity index (χ1) is 16.8. The molecule has 34 heavy (non-hydrogen) atoms. The van der Waals surface area contributed by atoms with Crippen molar-refractivity contribution in [2.75, 3.05) is 49.1 Å². The highest BCUT2D eigenvalue weighted by molar-refractivity contribution is 6.53. The largest absolute Gasteiger partial charge is 0.368 e. The highest BCUT2D eigenvalue weighted by Gasteiger charge is 2.31. The fourth-order valence-corrected chi connectivity index (χ4v) is 4.96. The number of amides is 1. The smallest absolute Gasteiger partial charge is 0.227 e. The number of fused-ring (bicyclic) bond motifs is 3. The molecule has 0 radical (unpaired) electrons. The molecule has 0 bridgehead atoms. The highest BCUT2D eigenvalue weighted by Crippen LogP contribution is 2.38. The van der Waals surface area contributed by atoms with Crippen molar-refractivity contribution in [1.29, 1.82) is 0 Å². The van der Waals surface area contributed by atoms with Gasteiger partial charge in [0.2, 0.25) is 5.91 Å². The number of hydrogen-bond acceptors (Lipinski definition) is 5. The third-order valence-electron chi connectivity index (χ3n) is 6.78. The van der Waals surface area contributed by atoms with Crippen LogP contribution in [0.2, 0.25) is 0 Å². The summed E-state index contributed by atoms with van der Waals surface area (Å²) in [6, 6.07) is 26.8. The predicted molar refractivity (Wildman–Crippen MR) is 138 cm³/mol. The summed E-state index contributed by atoms with van der Waals surface area (Å²) in [5, 5.41) is 0. The van der Waals surface area contributed by atoms with Crippen LogP contribution in [0.15, 0.2) is 88.8 Å². The van der Waals surface area contributed by atoms with Crippen molar-refractivity contribution in [3.63, 3.8) is 0 Å². The highest BCUT2D eigenvalue weighted by atomic mass is 16.2. The molecule has 0 saturated carbocycles. The lowest BCUT2D eigenvalue weighted by molar-refractivity contribution is -0.130. The number of piperazine rings is 1. The van der Waals surface area contributed by atoms with Crippen LogP contribution >= 0.6 is 0 Å². The average molecular weight is 450 g/mol. The summed E-state index contributed by atoms with van der Waals surface area (Å²) >= 11 is 0. The summed E-state index contributed by atoms with van der Waals surface area (Å²) in [5.41, 5.74) is 6.40. The van der Waals surface area contributed by atoms with Crippen molar-refractivity contribution in [2.24, 2.45) is 9.98 Å². The average Bonchev–Trinajstić information content (AvgIpc) is 3.40. The second-order valence-electron chi connectivity index (χ2n) is 8.89. The Kier molecular flexibility index (Phi) is 5.34. The molecule has 0 aliphatic carbocycles. The molecule has 1 amide bonds. The van der Waals surface area contributed by atoms with Crippen molar-refractivity contribution >= 4 is 34.5 Å². The van der Waals surface area contributed by atoms with Gasteiger partial charge in [-0.15, -0.1) is 0 Å². The molecule has 3 heterocycles. The van der Waals surface area contributed by atoms with Gasteiger partial charge >= 0.3 is 0 Å². The molecule has 0 N–H and O–H groups in total. The number of aliphatic imine (C=N–C) groups is 2. The van der Waals surface area contributed by atoms with E-state index in [0.717, 1.165) is 73.3 Å². The first kappa shape index (κ1) is 20.7. The minimum atomic E-state index is 0.206. The number of hydrogen-bond donors (Lipinski definition) is 0. The van der Waals surface area contributed by atoms with E-state index in [2.05, 4.69) is 40.1 Å². The van der Waals surface area contributed by atoms with Crippen molar-refractivity contribution in [2.45, 2.75) is 6.42 Å². The number of carbonyl (C=O) groups is 1. The Morgan fingerprint density at radius 3 is 2.32 bits per heavy atom. The number of rotatable bonds is 4. The lowest BCUT2D eigenvalue weighted by Crippen LogP contribution is -2.49. The molecular weight excluding hydrogens is 422 g/mol. The van der Waals surface area contributed by atoms with Gasteiger partial charge in [-0.05, 0) is 23.8 Å². The normalized spacial score (nSPS) is 17.1. The van der Waals surface area contributed by atoms with E-state index in [-0.39, 0.29) is 5.91 Å². The summed E-state index contributed by atoms with van der Waals surface area (Å²) in [7, 11) is 0. The van der Waals surface area contributed by atoms with Gasteiger partial charge in [0.15, 0.2) is 5.84 Å². The monoisotopic (exact) mass is 449 g/mol. The summed E-state index contributed by atoms with van der Waals surface area (Å²) < 4.78 is 0. The van der Waals surface area contributed by atoms with E-state index in [1.54, 1.807) is 0 Å². The number of amidine groups is 1. The zero-order valence-electron chi connectivity index (χ0n) is 19.1. The third-order valence-corrected chi connectivity index (χ3v) is 6.78. The van der Waals surface area contributed by atoms with Crippen molar-refractivity contribution in [1.82, 2.24) is 4.90 Å². The molecule has 6 rings (SSSR count). The summed E-state index contributed by atoms with van der Waals surface area (Å²) in [6.07, 6.45) is 0.471. The first-order valence-electron chi connectivity index (χ1n) is 11.9. The van der Waals surface area contributed by atoms with Gasteiger partial charge in [-0.3, -0.25) is 9.79 Å². The van der Waals surface area contributed by atoms with Gasteiger partial charge in [0.05, 0.1) is 24.3 Å². The van der Waals surface area contributed by atoms with Crippen LogP contribution in [0.4, 0.5) is 17.1 Å². The van der Waals surface area contributed by atoms with Crippen LogP contribution in [-0.2, 0) is 11.2 Å². The van der Waals surface area contributed by atoms with E-state index in [1.807, 2.05) is 53.4 Å². The molecule has 0 spiro atoms. The Balaban J connectivity index is 1.19. The van der Waals surface area contributed by atoms with Crippen molar-refractivity contribution < 1.29 is 4.79 Å². The van der Waals surface area contributed by atoms with Gasteiger partial charge in [0.1, 0.15) is 5.71 Å². The molecule has 3 aliphatic heterocycles. The molecule has 6 nitrogen and oxygen atoms in total. The van der Waals surface area contributed by atoms with Crippen molar-refractivity contribution in [3.05, 3.63) is 90.0 Å². The standard InChI is InChI=1S/C28H27N5O/c34-26(19-21-7-3-1-4-8-21)32-17-15-31(16-18-32)23-11-12-24-25(20-23)33-14-13-29-28(33)27(30-24)22-9-5-2-6-10-22/h1-12,20H,13-19H2. The molecule has 1 fully saturated rings. The molecule has 3 aliphatic rings. The maximum atomic E-state index is 12.7. The van der Waals surface area contributed by atoms with Crippen LogP contribution in [0.5, 0.6) is 0 Å². The molecular formula is C28H27N5O. The molecule has 0 unspecified atom stereocenters. The summed E-state index contributed by atoms with van der Waals surface area (Å²) in [5.74, 6) is 1.17. The van der Waals surface area contributed by atoms with Crippen LogP contribution < -0.4 is 9.80 Å². The zero-order valence-corrected chi connectivity index (χ0v) is 19.1. The Bertz CT molecular complexity index is 1260. The van der Waals surface area contributed by atoms with Crippen LogP contribution in [0.3, 0.4) is 0 Å². The fraction of sp³-hybridized carbons (Fsp3) is 0.250. The SMILES string of the molecule is O=C(Cc1ccccc1)N1CCN(c2ccc3c(c2)N2CCN=C2C(c2ccccc2)=N3)CC1. The first-order valence-corrected chi connectivity index (χ1v) is 11.9. The fourth-order valence-electron chi connectivity index (χ4n) is 4.96. The third kappa shape index (κ3) is 3.85. The maximum Gasteiger partial charge on any atom is 0.227 e.